The lowest BCUT2D eigenvalue weighted by atomic mass is 10.1. The van der Waals surface area contributed by atoms with E-state index in [0.717, 1.165) is 15.6 Å². The Bertz CT molecular complexity index is 1400. The number of carbonyl (C=O) groups is 1. The van der Waals surface area contributed by atoms with Crippen molar-refractivity contribution in [1.29, 1.82) is 10.5 Å². The van der Waals surface area contributed by atoms with Gasteiger partial charge in [-0.25, -0.2) is 13.4 Å². The quantitative estimate of drug-likeness (QED) is 0.317. The molecule has 11 nitrogen and oxygen atoms in total. The fourth-order valence-electron chi connectivity index (χ4n) is 3.04. The molecule has 0 saturated carbocycles. The molecule has 0 bridgehead atoms. The highest BCUT2D eigenvalue weighted by atomic mass is 32.2. The number of nitro groups is 1. The summed E-state index contributed by atoms with van der Waals surface area (Å²) in [6.45, 7) is -0.0839. The Morgan fingerprint density at radius 1 is 1.11 bits per heavy atom. The molecule has 0 atom stereocenters. The number of non-ortho nitro benzene ring substituents is 1. The van der Waals surface area contributed by atoms with Gasteiger partial charge < -0.3 is 0 Å². The summed E-state index contributed by atoms with van der Waals surface area (Å²) in [5.41, 5.74) is 1.11. The van der Waals surface area contributed by atoms with Crippen molar-refractivity contribution in [3.8, 4) is 23.4 Å². The lowest BCUT2D eigenvalue weighted by molar-refractivity contribution is -0.384. The Labute approximate surface area is 205 Å². The van der Waals surface area contributed by atoms with E-state index >= 15 is 0 Å². The van der Waals surface area contributed by atoms with Crippen LogP contribution in [0.4, 0.5) is 10.8 Å². The number of nitrogens with one attached hydrogen (secondary N) is 1. The van der Waals surface area contributed by atoms with Gasteiger partial charge in [-0.05, 0) is 24.3 Å². The van der Waals surface area contributed by atoms with Crippen LogP contribution in [-0.4, -0.2) is 41.6 Å². The average Bonchev–Trinajstić information content (AvgIpc) is 3.32. The zero-order chi connectivity index (χ0) is 25.4. The molecule has 3 rings (SSSR count). The lowest BCUT2D eigenvalue weighted by Crippen LogP contribution is -2.32. The van der Waals surface area contributed by atoms with Crippen molar-refractivity contribution in [1.82, 2.24) is 9.29 Å². The molecule has 0 saturated heterocycles. The van der Waals surface area contributed by atoms with E-state index in [-0.39, 0.29) is 47.2 Å². The van der Waals surface area contributed by atoms with Gasteiger partial charge in [0.2, 0.25) is 10.0 Å². The van der Waals surface area contributed by atoms with Gasteiger partial charge in [-0.2, -0.15) is 14.8 Å². The summed E-state index contributed by atoms with van der Waals surface area (Å²) in [7, 11) is -3.94. The highest BCUT2D eigenvalue weighted by molar-refractivity contribution is 7.89. The predicted octanol–water partition coefficient (Wildman–Crippen LogP) is 3.79. The number of benzene rings is 2. The summed E-state index contributed by atoms with van der Waals surface area (Å²) in [6.07, 6.45) is -0.0332. The number of nitrogens with zero attached hydrogens (tertiary/aromatic N) is 5. The number of hydrogen-bond acceptors (Lipinski definition) is 9. The number of anilines is 1. The Morgan fingerprint density at radius 3 is 2.37 bits per heavy atom. The van der Waals surface area contributed by atoms with Gasteiger partial charge in [0, 0.05) is 54.6 Å². The number of aromatic nitrogens is 1. The first-order valence-corrected chi connectivity index (χ1v) is 12.4. The second kappa shape index (κ2) is 11.3. The van der Waals surface area contributed by atoms with Gasteiger partial charge in [0.05, 0.1) is 27.7 Å². The third-order valence-electron chi connectivity index (χ3n) is 4.78. The number of nitro benzene ring substituents is 1. The summed E-state index contributed by atoms with van der Waals surface area (Å²) >= 11 is 1.14. The lowest BCUT2D eigenvalue weighted by Gasteiger charge is -2.20. The molecule has 1 N–H and O–H groups in total. The first-order chi connectivity index (χ1) is 16.8. The maximum Gasteiger partial charge on any atom is 0.270 e. The molecular formula is C22H18N6O5S2. The van der Waals surface area contributed by atoms with Gasteiger partial charge in [0.25, 0.3) is 11.6 Å². The van der Waals surface area contributed by atoms with Crippen LogP contribution in [0.5, 0.6) is 0 Å². The topological polar surface area (TPSA) is 170 Å². The highest BCUT2D eigenvalue weighted by Gasteiger charge is 2.24. The van der Waals surface area contributed by atoms with Crippen molar-refractivity contribution < 1.29 is 18.1 Å². The molecule has 0 aliphatic heterocycles. The number of hydrogen-bond donors (Lipinski definition) is 1. The minimum absolute atomic E-state index is 0.0166. The first-order valence-electron chi connectivity index (χ1n) is 10.1. The molecule has 0 aliphatic rings. The van der Waals surface area contributed by atoms with Gasteiger partial charge in [-0.3, -0.25) is 20.2 Å². The molecule has 0 radical (unpaired) electrons. The predicted molar refractivity (Wildman–Crippen MR) is 128 cm³/mol. The molecule has 13 heteroatoms. The smallest absolute Gasteiger partial charge is 0.270 e. The van der Waals surface area contributed by atoms with E-state index in [1.807, 2.05) is 12.1 Å². The van der Waals surface area contributed by atoms with E-state index in [2.05, 4.69) is 10.3 Å². The van der Waals surface area contributed by atoms with Crippen LogP contribution in [-0.2, 0) is 10.0 Å². The SMILES string of the molecule is N#CCCN(CCC#N)S(=O)(=O)c1ccc(C(=O)Nc2nc(-c3cccc([N+](=O)[O-])c3)cs2)cc1. The van der Waals surface area contributed by atoms with Crippen molar-refractivity contribution in [3.05, 3.63) is 69.6 Å². The molecule has 0 aliphatic carbocycles. The van der Waals surface area contributed by atoms with Crippen LogP contribution >= 0.6 is 11.3 Å². The van der Waals surface area contributed by atoms with Crippen molar-refractivity contribution in [2.45, 2.75) is 17.7 Å². The number of rotatable bonds is 10. The number of carbonyl (C=O) groups excluding carboxylic acids is 1. The van der Waals surface area contributed by atoms with Crippen LogP contribution in [0.25, 0.3) is 11.3 Å². The second-order valence-corrected chi connectivity index (χ2v) is 9.84. The minimum atomic E-state index is -3.94. The van der Waals surface area contributed by atoms with Crippen molar-refractivity contribution >= 4 is 38.1 Å². The van der Waals surface area contributed by atoms with Crippen molar-refractivity contribution in [2.75, 3.05) is 18.4 Å². The van der Waals surface area contributed by atoms with E-state index < -0.39 is 20.9 Å². The monoisotopic (exact) mass is 510 g/mol. The molecular weight excluding hydrogens is 492 g/mol. The zero-order valence-corrected chi connectivity index (χ0v) is 19.8. The van der Waals surface area contributed by atoms with Crippen LogP contribution in [0.2, 0.25) is 0 Å². The first kappa shape index (κ1) is 25.5. The van der Waals surface area contributed by atoms with Crippen molar-refractivity contribution in [3.63, 3.8) is 0 Å². The third kappa shape index (κ3) is 6.24. The Kier molecular flexibility index (Phi) is 8.22. The third-order valence-corrected chi connectivity index (χ3v) is 7.45. The van der Waals surface area contributed by atoms with Gasteiger partial charge in [-0.15, -0.1) is 11.3 Å². The molecule has 0 fully saturated rings. The molecule has 3 aromatic rings. The summed E-state index contributed by atoms with van der Waals surface area (Å²) in [6, 6.07) is 15.0. The number of nitriles is 2. The minimum Gasteiger partial charge on any atom is -0.298 e. The van der Waals surface area contributed by atoms with E-state index in [4.69, 9.17) is 10.5 Å². The standard InChI is InChI=1S/C22H18N6O5S2/c23-10-2-12-27(13-3-11-24)35(32,33)19-8-6-16(7-9-19)21(29)26-22-25-20(15-34-22)17-4-1-5-18(14-17)28(30)31/h1,4-9,14-15H,2-3,12-13H2,(H,25,26,29). The fourth-order valence-corrected chi connectivity index (χ4v) is 5.20. The summed E-state index contributed by atoms with van der Waals surface area (Å²) in [5, 5.41) is 33.1. The van der Waals surface area contributed by atoms with Gasteiger partial charge >= 0.3 is 0 Å². The van der Waals surface area contributed by atoms with Crippen LogP contribution in [0, 0.1) is 32.8 Å². The molecule has 1 heterocycles. The molecule has 1 amide bonds. The molecule has 178 valence electrons. The summed E-state index contributed by atoms with van der Waals surface area (Å²) in [5.74, 6) is -0.514. The maximum absolute atomic E-state index is 12.9. The van der Waals surface area contributed by atoms with Gasteiger partial charge in [0.1, 0.15) is 0 Å². The van der Waals surface area contributed by atoms with Crippen LogP contribution in [0.3, 0.4) is 0 Å². The molecule has 0 spiro atoms. The average molecular weight is 511 g/mol. The van der Waals surface area contributed by atoms with E-state index in [1.165, 1.54) is 36.4 Å². The van der Waals surface area contributed by atoms with Gasteiger partial charge in [0.15, 0.2) is 5.13 Å². The van der Waals surface area contributed by atoms with E-state index in [1.54, 1.807) is 17.5 Å². The number of amides is 1. The second-order valence-electron chi connectivity index (χ2n) is 7.04. The van der Waals surface area contributed by atoms with E-state index in [9.17, 15) is 23.3 Å². The molecule has 35 heavy (non-hydrogen) atoms. The number of thiazole rings is 1. The molecule has 0 unspecified atom stereocenters. The molecule has 2 aromatic carbocycles. The Balaban J connectivity index is 1.73. The largest absolute Gasteiger partial charge is 0.298 e. The van der Waals surface area contributed by atoms with E-state index in [0.29, 0.717) is 11.3 Å². The van der Waals surface area contributed by atoms with Gasteiger partial charge in [-0.1, -0.05) is 12.1 Å². The summed E-state index contributed by atoms with van der Waals surface area (Å²) < 4.78 is 26.8. The van der Waals surface area contributed by atoms with Crippen LogP contribution in [0.15, 0.2) is 58.8 Å². The van der Waals surface area contributed by atoms with Crippen LogP contribution in [0.1, 0.15) is 23.2 Å². The maximum atomic E-state index is 12.9. The highest BCUT2D eigenvalue weighted by Crippen LogP contribution is 2.28. The fraction of sp³-hybridized carbons (Fsp3) is 0.182. The van der Waals surface area contributed by atoms with Crippen LogP contribution < -0.4 is 5.32 Å². The van der Waals surface area contributed by atoms with Crippen molar-refractivity contribution in [2.24, 2.45) is 0 Å². The Morgan fingerprint density at radius 2 is 1.77 bits per heavy atom. The molecule has 1 aromatic heterocycles. The summed E-state index contributed by atoms with van der Waals surface area (Å²) in [4.78, 5) is 27.3. The normalized spacial score (nSPS) is 10.9. The zero-order valence-electron chi connectivity index (χ0n) is 18.1. The Hall–Kier alpha value is -4.17. The number of sulfonamides is 1.